The molecule has 1 heterocycles. The summed E-state index contributed by atoms with van der Waals surface area (Å²) >= 11 is 5.84. The van der Waals surface area contributed by atoms with E-state index in [1.807, 2.05) is 0 Å². The topological polar surface area (TPSA) is 106 Å². The molecule has 7 nitrogen and oxygen atoms in total. The Hall–Kier alpha value is -3.06. The van der Waals surface area contributed by atoms with E-state index in [2.05, 4.69) is 5.32 Å². The van der Waals surface area contributed by atoms with Crippen LogP contribution in [0.4, 0.5) is 0 Å². The molecule has 8 heteroatoms. The van der Waals surface area contributed by atoms with Gasteiger partial charge in [0.25, 0.3) is 0 Å². The Labute approximate surface area is 141 Å². The van der Waals surface area contributed by atoms with E-state index in [4.69, 9.17) is 25.9 Å². The number of carboxylic acids is 1. The fourth-order valence-corrected chi connectivity index (χ4v) is 1.91. The second kappa shape index (κ2) is 7.98. The molecule has 2 aromatic rings. The summed E-state index contributed by atoms with van der Waals surface area (Å²) in [6.45, 7) is -0.453. The normalized spacial score (nSPS) is 10.5. The van der Waals surface area contributed by atoms with E-state index in [0.29, 0.717) is 5.76 Å². The van der Waals surface area contributed by atoms with E-state index < -0.39 is 24.4 Å². The van der Waals surface area contributed by atoms with Crippen LogP contribution in [-0.4, -0.2) is 29.5 Å². The monoisotopic (exact) mass is 349 g/mol. The van der Waals surface area contributed by atoms with Crippen LogP contribution in [-0.2, 0) is 9.59 Å². The second-order valence-corrected chi connectivity index (χ2v) is 4.87. The number of carboxylic acid groups (broad SMARTS) is 1. The van der Waals surface area contributed by atoms with Crippen molar-refractivity contribution in [1.29, 1.82) is 0 Å². The van der Waals surface area contributed by atoms with E-state index in [9.17, 15) is 14.4 Å². The number of halogens is 1. The minimum Gasteiger partial charge on any atom is -0.478 e. The molecule has 0 spiro atoms. The number of esters is 1. The molecule has 0 unspecified atom stereocenters. The summed E-state index contributed by atoms with van der Waals surface area (Å²) in [6, 6.07) is 7.38. The quantitative estimate of drug-likeness (QED) is 0.471. The van der Waals surface area contributed by atoms with Crippen LogP contribution in [0.3, 0.4) is 0 Å². The number of hydrogen-bond acceptors (Lipinski definition) is 5. The van der Waals surface area contributed by atoms with Crippen LogP contribution in [0.25, 0.3) is 6.08 Å². The van der Waals surface area contributed by atoms with Crippen LogP contribution < -0.4 is 10.1 Å². The van der Waals surface area contributed by atoms with Gasteiger partial charge in [-0.15, -0.1) is 0 Å². The zero-order valence-electron chi connectivity index (χ0n) is 12.2. The maximum atomic E-state index is 11.7. The fraction of sp³-hybridized carbons (Fsp3) is 0.0625. The predicted octanol–water partition coefficient (Wildman–Crippen LogP) is 2.37. The minimum atomic E-state index is -1.29. The summed E-state index contributed by atoms with van der Waals surface area (Å²) in [5.74, 6) is -2.47. The molecular formula is C16H12ClNO6. The summed E-state index contributed by atoms with van der Waals surface area (Å²) in [4.78, 5) is 34.4. The Balaban J connectivity index is 1.92. The molecule has 0 saturated carbocycles. The van der Waals surface area contributed by atoms with Crippen LogP contribution in [0.2, 0.25) is 5.02 Å². The molecule has 0 aliphatic rings. The van der Waals surface area contributed by atoms with Crippen LogP contribution in [0.5, 0.6) is 5.75 Å². The standard InChI is InChI=1S/C16H12ClNO6/c17-12-5-1-4-11(16(21)22)15(12)24-14(20)9-18-13(19)7-6-10-3-2-8-23-10/h1-8H,9H2,(H,18,19)(H,21,22)/b7-6+. The summed E-state index contributed by atoms with van der Waals surface area (Å²) < 4.78 is 9.94. The zero-order chi connectivity index (χ0) is 17.5. The van der Waals surface area contributed by atoms with Crippen molar-refractivity contribution in [2.24, 2.45) is 0 Å². The molecule has 0 radical (unpaired) electrons. The first-order valence-corrected chi connectivity index (χ1v) is 7.07. The number of rotatable bonds is 6. The summed E-state index contributed by atoms with van der Waals surface area (Å²) in [5, 5.41) is 11.3. The second-order valence-electron chi connectivity index (χ2n) is 4.46. The number of aromatic carboxylic acids is 1. The van der Waals surface area contributed by atoms with Crippen LogP contribution in [0.15, 0.2) is 47.1 Å². The highest BCUT2D eigenvalue weighted by molar-refractivity contribution is 6.32. The third-order valence-corrected chi connectivity index (χ3v) is 3.06. The van der Waals surface area contributed by atoms with Gasteiger partial charge in [-0.1, -0.05) is 17.7 Å². The summed E-state index contributed by atoms with van der Waals surface area (Å²) in [6.07, 6.45) is 4.07. The molecule has 1 aromatic carbocycles. The number of furan rings is 1. The van der Waals surface area contributed by atoms with Crippen molar-refractivity contribution in [1.82, 2.24) is 5.32 Å². The Morgan fingerprint density at radius 3 is 2.71 bits per heavy atom. The van der Waals surface area contributed by atoms with Crippen molar-refractivity contribution < 1.29 is 28.6 Å². The zero-order valence-corrected chi connectivity index (χ0v) is 12.9. The lowest BCUT2D eigenvalue weighted by molar-refractivity contribution is -0.135. The first-order chi connectivity index (χ1) is 11.5. The first kappa shape index (κ1) is 17.3. The molecule has 2 rings (SSSR count). The van der Waals surface area contributed by atoms with Gasteiger partial charge in [-0.3, -0.25) is 4.79 Å². The van der Waals surface area contributed by atoms with Crippen LogP contribution in [0, 0.1) is 0 Å². The molecule has 124 valence electrons. The number of para-hydroxylation sites is 1. The van der Waals surface area contributed by atoms with Crippen molar-refractivity contribution in [2.45, 2.75) is 0 Å². The number of nitrogens with one attached hydrogen (secondary N) is 1. The highest BCUT2D eigenvalue weighted by atomic mass is 35.5. The largest absolute Gasteiger partial charge is 0.478 e. The van der Waals surface area contributed by atoms with Gasteiger partial charge < -0.3 is 19.6 Å². The Bertz CT molecular complexity index is 782. The van der Waals surface area contributed by atoms with Gasteiger partial charge >= 0.3 is 11.9 Å². The molecule has 0 atom stereocenters. The van der Waals surface area contributed by atoms with Gasteiger partial charge in [0.05, 0.1) is 11.3 Å². The predicted molar refractivity (Wildman–Crippen MR) is 84.8 cm³/mol. The van der Waals surface area contributed by atoms with Gasteiger partial charge in [0.15, 0.2) is 5.75 Å². The number of carbonyl (C=O) groups excluding carboxylic acids is 2. The molecule has 2 N–H and O–H groups in total. The Morgan fingerprint density at radius 1 is 1.25 bits per heavy atom. The number of amides is 1. The number of ether oxygens (including phenoxy) is 1. The van der Waals surface area contributed by atoms with E-state index in [0.717, 1.165) is 0 Å². The maximum absolute atomic E-state index is 11.7. The Morgan fingerprint density at radius 2 is 2.04 bits per heavy atom. The van der Waals surface area contributed by atoms with Gasteiger partial charge in [-0.05, 0) is 30.3 Å². The average molecular weight is 350 g/mol. The minimum absolute atomic E-state index is 0.0210. The third kappa shape index (κ3) is 4.72. The number of carbonyl (C=O) groups is 3. The summed E-state index contributed by atoms with van der Waals surface area (Å²) in [7, 11) is 0. The highest BCUT2D eigenvalue weighted by Crippen LogP contribution is 2.28. The van der Waals surface area contributed by atoms with Gasteiger partial charge in [0.1, 0.15) is 17.9 Å². The van der Waals surface area contributed by atoms with E-state index in [1.54, 1.807) is 12.1 Å². The Kier molecular flexibility index (Phi) is 5.75. The van der Waals surface area contributed by atoms with Gasteiger partial charge in [-0.25, -0.2) is 9.59 Å². The van der Waals surface area contributed by atoms with E-state index >= 15 is 0 Å². The molecule has 1 aromatic heterocycles. The molecular weight excluding hydrogens is 338 g/mol. The van der Waals surface area contributed by atoms with Gasteiger partial charge in [0.2, 0.25) is 5.91 Å². The van der Waals surface area contributed by atoms with Gasteiger partial charge in [0, 0.05) is 6.08 Å². The smallest absolute Gasteiger partial charge is 0.339 e. The van der Waals surface area contributed by atoms with Crippen molar-refractivity contribution in [2.75, 3.05) is 6.54 Å². The van der Waals surface area contributed by atoms with Gasteiger partial charge in [-0.2, -0.15) is 0 Å². The fourth-order valence-electron chi connectivity index (χ4n) is 1.69. The lowest BCUT2D eigenvalue weighted by Gasteiger charge is -2.09. The number of hydrogen-bond donors (Lipinski definition) is 2. The third-order valence-electron chi connectivity index (χ3n) is 2.76. The molecule has 0 aliphatic heterocycles. The van der Waals surface area contributed by atoms with E-state index in [-0.39, 0.29) is 16.3 Å². The van der Waals surface area contributed by atoms with Crippen molar-refractivity contribution in [3.63, 3.8) is 0 Å². The number of benzene rings is 1. The highest BCUT2D eigenvalue weighted by Gasteiger charge is 2.17. The molecule has 1 amide bonds. The first-order valence-electron chi connectivity index (χ1n) is 6.69. The maximum Gasteiger partial charge on any atom is 0.339 e. The van der Waals surface area contributed by atoms with Crippen molar-refractivity contribution in [3.05, 3.63) is 59.0 Å². The van der Waals surface area contributed by atoms with Crippen LogP contribution >= 0.6 is 11.6 Å². The lowest BCUT2D eigenvalue weighted by atomic mass is 10.2. The molecule has 0 fully saturated rings. The van der Waals surface area contributed by atoms with E-state index in [1.165, 1.54) is 36.6 Å². The SMILES string of the molecule is O=C(/C=C/c1ccco1)NCC(=O)Oc1c(Cl)cccc1C(=O)O. The summed E-state index contributed by atoms with van der Waals surface area (Å²) in [5.41, 5.74) is -0.250. The molecule has 0 aliphatic carbocycles. The molecule has 0 saturated heterocycles. The van der Waals surface area contributed by atoms with Crippen molar-refractivity contribution in [3.8, 4) is 5.75 Å². The molecule has 24 heavy (non-hydrogen) atoms. The van der Waals surface area contributed by atoms with Crippen molar-refractivity contribution >= 4 is 35.5 Å². The lowest BCUT2D eigenvalue weighted by Crippen LogP contribution is -2.31. The van der Waals surface area contributed by atoms with Crippen LogP contribution in [0.1, 0.15) is 16.1 Å². The average Bonchev–Trinajstić information content (AvgIpc) is 3.06. The molecule has 0 bridgehead atoms.